The molecule has 0 N–H and O–H groups in total. The number of fused-ring (bicyclic) bond motifs is 3. The maximum atomic E-state index is 14.0. The van der Waals surface area contributed by atoms with E-state index in [1.165, 1.54) is 0 Å². The second-order valence-corrected chi connectivity index (χ2v) is 36.0. The Hall–Kier alpha value is -11.3. The first-order chi connectivity index (χ1) is 62.4. The summed E-state index contributed by atoms with van der Waals surface area (Å²) < 4.78 is 175. The molecule has 0 saturated carbocycles. The lowest BCUT2D eigenvalue weighted by atomic mass is 10.0. The Morgan fingerprint density at radius 2 is 0.578 bits per heavy atom. The third-order valence-corrected chi connectivity index (χ3v) is 22.9. The zero-order chi connectivity index (χ0) is 95.3. The number of halogens is 9. The second kappa shape index (κ2) is 44.6. The van der Waals surface area contributed by atoms with E-state index in [0.717, 1.165) is 36.4 Å². The van der Waals surface area contributed by atoms with E-state index in [-0.39, 0.29) is 93.6 Å². The monoisotopic (exact) mass is 1950 g/mol. The Morgan fingerprint density at radius 3 is 0.793 bits per heavy atom. The number of nitrogens with zero attached hydrogens (tertiary/aromatic N) is 15. The molecule has 6 fully saturated rings. The molecule has 9 aromatic rings. The topological polar surface area (TPSA) is 292 Å². The molecule has 732 valence electrons. The number of hydrogen-bond donors (Lipinski definition) is 0. The van der Waals surface area contributed by atoms with Crippen molar-refractivity contribution in [3.05, 3.63) is 177 Å². The van der Waals surface area contributed by atoms with Gasteiger partial charge in [0.1, 0.15) is 69.8 Å². The zero-order valence-electron chi connectivity index (χ0n) is 77.7. The van der Waals surface area contributed by atoms with Gasteiger partial charge in [-0.3, -0.25) is 29.3 Å². The molecule has 0 bridgehead atoms. The first-order valence-electron chi connectivity index (χ1n) is 43.5. The summed E-state index contributed by atoms with van der Waals surface area (Å²) in [6.07, 6.45) is 2.74. The Balaban J connectivity index is 0.000000207. The summed E-state index contributed by atoms with van der Waals surface area (Å²) in [6, 6.07) is 13.6. The molecular formula is C93H114F9N15O15S3. The molecule has 3 aromatic heterocycles. The van der Waals surface area contributed by atoms with Gasteiger partial charge in [-0.2, -0.15) is 40.5 Å². The minimum Gasteiger partial charge on any atom is -0.486 e. The zero-order valence-corrected chi connectivity index (χ0v) is 80.7. The van der Waals surface area contributed by atoms with Gasteiger partial charge in [-0.15, -0.1) is 0 Å². The van der Waals surface area contributed by atoms with Crippen LogP contribution in [0, 0.1) is 52.4 Å². The maximum Gasteiger partial charge on any atom is 0.410 e. The van der Waals surface area contributed by atoms with Crippen LogP contribution in [0.5, 0.6) is 17.2 Å². The molecule has 0 radical (unpaired) electrons. The van der Waals surface area contributed by atoms with Gasteiger partial charge in [0.15, 0.2) is 52.4 Å². The van der Waals surface area contributed by atoms with Gasteiger partial charge >= 0.3 is 18.3 Å². The van der Waals surface area contributed by atoms with Gasteiger partial charge < -0.3 is 86.7 Å². The molecule has 6 aliphatic heterocycles. The molecular weight excluding hydrogens is 1830 g/mol. The molecule has 0 spiro atoms. The van der Waals surface area contributed by atoms with Crippen molar-refractivity contribution in [2.24, 2.45) is 0 Å². The van der Waals surface area contributed by atoms with E-state index in [4.69, 9.17) is 57.6 Å². The van der Waals surface area contributed by atoms with Gasteiger partial charge in [0.2, 0.25) is 0 Å². The number of carbonyl (C=O) groups is 6. The van der Waals surface area contributed by atoms with Gasteiger partial charge in [-0.25, -0.2) is 68.8 Å². The lowest BCUT2D eigenvalue weighted by Crippen LogP contribution is -2.41. The predicted molar refractivity (Wildman–Crippen MR) is 500 cm³/mol. The van der Waals surface area contributed by atoms with Crippen LogP contribution in [0.15, 0.2) is 91.4 Å². The first-order valence-corrected chi connectivity index (χ1v) is 43.5. The Kier molecular flexibility index (Phi) is 35.0. The highest BCUT2D eigenvalue weighted by Crippen LogP contribution is 2.38. The lowest BCUT2D eigenvalue weighted by Gasteiger charge is -2.28. The normalized spacial score (nSPS) is 17.6. The molecule has 6 saturated heterocycles. The van der Waals surface area contributed by atoms with Crippen LogP contribution in [0.2, 0.25) is 0 Å². The van der Waals surface area contributed by atoms with Crippen molar-refractivity contribution in [3.63, 3.8) is 0 Å². The van der Waals surface area contributed by atoms with Crippen LogP contribution in [0.25, 0.3) is 33.1 Å². The standard InChI is InChI=1S/3C31H36F3N5O5.3H2S/c3*1-18(43-21-14-23(32)27(34)24(33)15-21)22-12-19(13-25-28(22)36-26(16-35-25)38-8-10-42-11-9-38)29(40)37(5)20-6-7-39(17-20)30(41)44-31(2,3)4;;;/h3*12-16,18,20H,6-11,17H2,1-5H3;3*1H2. The van der Waals surface area contributed by atoms with Crippen LogP contribution in [0.1, 0.15) is 168 Å². The number of ether oxygens (including phenoxy) is 9. The fraction of sp³-hybridized carbons (Fsp3) is 0.484. The number of aromatic nitrogens is 6. The van der Waals surface area contributed by atoms with Gasteiger partial charge in [-0.1, -0.05) is 0 Å². The third kappa shape index (κ3) is 26.1. The number of hydrogen-bond acceptors (Lipinski definition) is 24. The van der Waals surface area contributed by atoms with Crippen molar-refractivity contribution in [3.8, 4) is 17.2 Å². The highest BCUT2D eigenvalue weighted by atomic mass is 32.1. The first kappa shape index (κ1) is 106. The molecule has 6 aliphatic rings. The minimum absolute atomic E-state index is 0. The van der Waals surface area contributed by atoms with Gasteiger partial charge in [0.25, 0.3) is 17.7 Å². The lowest BCUT2D eigenvalue weighted by molar-refractivity contribution is 0.0271. The molecule has 6 atom stereocenters. The van der Waals surface area contributed by atoms with E-state index in [1.807, 2.05) is 14.7 Å². The molecule has 6 aromatic carbocycles. The van der Waals surface area contributed by atoms with Gasteiger partial charge in [0.05, 0.1) is 109 Å². The summed E-state index contributed by atoms with van der Waals surface area (Å²) in [5.74, 6) is -12.8. The molecule has 15 rings (SSSR count). The Bertz CT molecular complexity index is 5180. The fourth-order valence-corrected chi connectivity index (χ4v) is 15.9. The number of benzene rings is 6. The number of carbonyl (C=O) groups excluding carboxylic acids is 6. The molecule has 135 heavy (non-hydrogen) atoms. The molecule has 9 heterocycles. The predicted octanol–water partition coefficient (Wildman–Crippen LogP) is 15.7. The second-order valence-electron chi connectivity index (χ2n) is 36.0. The van der Waals surface area contributed by atoms with Crippen LogP contribution in [0.3, 0.4) is 0 Å². The summed E-state index contributed by atoms with van der Waals surface area (Å²) in [5.41, 5.74) is 2.95. The average molecular weight is 1950 g/mol. The van der Waals surface area contributed by atoms with Crippen molar-refractivity contribution in [1.29, 1.82) is 0 Å². The number of likely N-dealkylation sites (N-methyl/N-ethyl adjacent to an activating group) is 3. The molecule has 0 aliphatic carbocycles. The van der Waals surface area contributed by atoms with Crippen molar-refractivity contribution in [1.82, 2.24) is 59.3 Å². The van der Waals surface area contributed by atoms with Crippen LogP contribution in [-0.2, 0) is 28.4 Å². The Labute approximate surface area is 797 Å². The smallest absolute Gasteiger partial charge is 0.410 e. The summed E-state index contributed by atoms with van der Waals surface area (Å²) in [5, 5.41) is 0. The number of morpholine rings is 3. The SMILES string of the molecule is CC(Oc1cc(F)c(F)c(F)c1)c1cc(C(=O)N(C)C2CCN(C(=O)OC(C)(C)C)C2)cc2ncc(N3CCOCC3)nc12.CC(Oc1cc(F)c(F)c(F)c1)c1cc(C(=O)N(C)C2CCN(C(=O)OC(C)(C)C)C2)cc2ncc(N3CCOCC3)nc12.CC(Oc1cc(F)c(F)c(F)c1)c1cc(C(=O)N(C)C2CCN(C(=O)OC(C)(C)C)C2)cc2ncc(N3CCOCC3)nc12.S.S.S. The number of amides is 6. The number of rotatable bonds is 18. The summed E-state index contributed by atoms with van der Waals surface area (Å²) in [6.45, 7) is 30.4. The van der Waals surface area contributed by atoms with E-state index in [2.05, 4.69) is 15.0 Å². The fourth-order valence-electron chi connectivity index (χ4n) is 15.9. The molecule has 6 amide bonds. The van der Waals surface area contributed by atoms with E-state index >= 15 is 0 Å². The maximum absolute atomic E-state index is 14.0. The van der Waals surface area contributed by atoms with E-state index < -0.39 is 106 Å². The minimum atomic E-state index is -1.59. The molecule has 30 nitrogen and oxygen atoms in total. The van der Waals surface area contributed by atoms with E-state index in [1.54, 1.807) is 189 Å². The van der Waals surface area contributed by atoms with Crippen LogP contribution >= 0.6 is 40.5 Å². The van der Waals surface area contributed by atoms with E-state index in [0.29, 0.717) is 221 Å². The van der Waals surface area contributed by atoms with Crippen molar-refractivity contribution in [2.75, 3.05) is 154 Å². The number of anilines is 3. The summed E-state index contributed by atoms with van der Waals surface area (Å²) in [4.78, 5) is 123. The van der Waals surface area contributed by atoms with Crippen molar-refractivity contribution < 1.29 is 111 Å². The quantitative estimate of drug-likeness (QED) is 0.0438. The van der Waals surface area contributed by atoms with Gasteiger partial charge in [0, 0.05) is 169 Å². The van der Waals surface area contributed by atoms with Crippen LogP contribution < -0.4 is 28.9 Å². The largest absolute Gasteiger partial charge is 0.486 e. The highest BCUT2D eigenvalue weighted by Gasteiger charge is 2.39. The van der Waals surface area contributed by atoms with Crippen molar-refractivity contribution >= 4 is 127 Å². The van der Waals surface area contributed by atoms with E-state index in [9.17, 15) is 68.3 Å². The van der Waals surface area contributed by atoms with Crippen molar-refractivity contribution in [2.45, 2.75) is 156 Å². The average Bonchev–Trinajstić information content (AvgIpc) is 0.870. The van der Waals surface area contributed by atoms with Crippen LogP contribution in [0.4, 0.5) is 71.4 Å². The molecule has 42 heteroatoms. The van der Waals surface area contributed by atoms with Gasteiger partial charge in [-0.05, 0) is 139 Å². The van der Waals surface area contributed by atoms with Crippen LogP contribution in [-0.4, -0.2) is 270 Å². The summed E-state index contributed by atoms with van der Waals surface area (Å²) in [7, 11) is 5.02. The third-order valence-electron chi connectivity index (χ3n) is 22.9. The molecule has 6 unspecified atom stereocenters. The summed E-state index contributed by atoms with van der Waals surface area (Å²) >= 11 is 0. The Morgan fingerprint density at radius 1 is 0.356 bits per heavy atom. The highest BCUT2D eigenvalue weighted by molar-refractivity contribution is 7.59. The number of likely N-dealkylation sites (tertiary alicyclic amines) is 3.